The van der Waals surface area contributed by atoms with E-state index in [1.54, 1.807) is 6.07 Å². The second kappa shape index (κ2) is 8.70. The molecular formula is C25H22FNO4. The second-order valence-corrected chi connectivity index (χ2v) is 7.67. The maximum Gasteiger partial charge on any atom is 0.321 e. The molecule has 158 valence electrons. The third-order valence-electron chi connectivity index (χ3n) is 5.66. The molecule has 6 heteroatoms. The van der Waals surface area contributed by atoms with Crippen molar-refractivity contribution >= 4 is 11.9 Å². The lowest BCUT2D eigenvalue weighted by Gasteiger charge is -2.21. The number of hydrogen-bond acceptors (Lipinski definition) is 4. The molecule has 0 saturated heterocycles. The Morgan fingerprint density at radius 1 is 0.968 bits per heavy atom. The Morgan fingerprint density at radius 3 is 2.16 bits per heavy atom. The van der Waals surface area contributed by atoms with Crippen molar-refractivity contribution in [3.8, 4) is 11.1 Å². The molecule has 0 spiro atoms. The van der Waals surface area contributed by atoms with Gasteiger partial charge in [-0.05, 0) is 46.4 Å². The van der Waals surface area contributed by atoms with Gasteiger partial charge in [-0.3, -0.25) is 9.59 Å². The van der Waals surface area contributed by atoms with Gasteiger partial charge in [-0.1, -0.05) is 60.7 Å². The van der Waals surface area contributed by atoms with Gasteiger partial charge in [-0.15, -0.1) is 0 Å². The number of esters is 1. The Bertz CT molecular complexity index is 1080. The first-order chi connectivity index (χ1) is 15.0. The molecular weight excluding hydrogens is 397 g/mol. The van der Waals surface area contributed by atoms with Crippen LogP contribution in [0.5, 0.6) is 0 Å². The highest BCUT2D eigenvalue weighted by atomic mass is 19.1. The number of benzene rings is 3. The van der Waals surface area contributed by atoms with Crippen molar-refractivity contribution in [1.82, 2.24) is 0 Å². The normalized spacial score (nSPS) is 14.4. The molecule has 1 unspecified atom stereocenters. The second-order valence-electron chi connectivity index (χ2n) is 7.67. The third-order valence-corrected chi connectivity index (χ3v) is 5.66. The van der Waals surface area contributed by atoms with Crippen molar-refractivity contribution in [3.05, 3.63) is 95.3 Å². The summed E-state index contributed by atoms with van der Waals surface area (Å²) in [6, 6.07) is 20.4. The van der Waals surface area contributed by atoms with Crippen LogP contribution in [0, 0.1) is 11.7 Å². The van der Waals surface area contributed by atoms with E-state index in [4.69, 9.17) is 10.5 Å². The number of hydrogen-bond donors (Lipinski definition) is 2. The standard InChI is InChI=1S/C25H22FNO4/c26-16-7-5-6-15(12-16)13-22(27)23(24(28)29)25(30)31-14-21-19-10-3-1-8-17(19)18-9-2-4-11-20(18)21/h1-12,21-23H,13-14,27H2,(H,28,29)/t22?,23-/m1/s1. The van der Waals surface area contributed by atoms with Crippen molar-refractivity contribution in [2.75, 3.05) is 6.61 Å². The van der Waals surface area contributed by atoms with Gasteiger partial charge in [-0.25, -0.2) is 4.39 Å². The van der Waals surface area contributed by atoms with Crippen LogP contribution < -0.4 is 5.73 Å². The van der Waals surface area contributed by atoms with Crippen molar-refractivity contribution in [2.45, 2.75) is 18.4 Å². The van der Waals surface area contributed by atoms with E-state index >= 15 is 0 Å². The SMILES string of the molecule is NC(Cc1cccc(F)c1)[C@H](C(=O)O)C(=O)OCC1c2ccccc2-c2ccccc21. The lowest BCUT2D eigenvalue weighted by Crippen LogP contribution is -2.43. The minimum Gasteiger partial charge on any atom is -0.481 e. The molecule has 1 aliphatic carbocycles. The zero-order valence-electron chi connectivity index (χ0n) is 16.7. The summed E-state index contributed by atoms with van der Waals surface area (Å²) in [6.45, 7) is 0.0172. The van der Waals surface area contributed by atoms with E-state index in [1.165, 1.54) is 18.2 Å². The van der Waals surface area contributed by atoms with Gasteiger partial charge in [-0.2, -0.15) is 0 Å². The topological polar surface area (TPSA) is 89.6 Å². The van der Waals surface area contributed by atoms with Crippen LogP contribution >= 0.6 is 0 Å². The predicted molar refractivity (Wildman–Crippen MR) is 114 cm³/mol. The zero-order chi connectivity index (χ0) is 22.0. The Labute approximate surface area is 179 Å². The summed E-state index contributed by atoms with van der Waals surface area (Å²) in [6.07, 6.45) is 0.0406. The summed E-state index contributed by atoms with van der Waals surface area (Å²) in [5.41, 5.74) is 10.8. The average Bonchev–Trinajstić information content (AvgIpc) is 3.06. The van der Waals surface area contributed by atoms with Crippen LogP contribution in [0.3, 0.4) is 0 Å². The van der Waals surface area contributed by atoms with Gasteiger partial charge in [0.05, 0.1) is 0 Å². The Hall–Kier alpha value is -3.51. The molecule has 0 aromatic heterocycles. The highest BCUT2D eigenvalue weighted by Crippen LogP contribution is 2.44. The number of ether oxygens (including phenoxy) is 1. The molecule has 0 amide bonds. The molecule has 0 bridgehead atoms. The van der Waals surface area contributed by atoms with E-state index in [1.807, 2.05) is 48.5 Å². The number of rotatable bonds is 7. The van der Waals surface area contributed by atoms with Crippen LogP contribution in [0.2, 0.25) is 0 Å². The Balaban J connectivity index is 1.49. The molecule has 0 heterocycles. The van der Waals surface area contributed by atoms with Crippen LogP contribution in [-0.4, -0.2) is 29.7 Å². The molecule has 0 aliphatic heterocycles. The zero-order valence-corrected chi connectivity index (χ0v) is 16.7. The lowest BCUT2D eigenvalue weighted by atomic mass is 9.94. The first-order valence-corrected chi connectivity index (χ1v) is 10.0. The van der Waals surface area contributed by atoms with Crippen LogP contribution in [-0.2, 0) is 20.7 Å². The average molecular weight is 419 g/mol. The Kier molecular flexibility index (Phi) is 5.82. The third kappa shape index (κ3) is 4.20. The summed E-state index contributed by atoms with van der Waals surface area (Å²) in [5, 5.41) is 9.60. The largest absolute Gasteiger partial charge is 0.481 e. The molecule has 3 aromatic rings. The molecule has 0 radical (unpaired) electrons. The number of carboxylic acids is 1. The quantitative estimate of drug-likeness (QED) is 0.450. The number of aliphatic carboxylic acids is 1. The molecule has 0 fully saturated rings. The molecule has 5 nitrogen and oxygen atoms in total. The number of fused-ring (bicyclic) bond motifs is 3. The summed E-state index contributed by atoms with van der Waals surface area (Å²) < 4.78 is 18.9. The molecule has 2 atom stereocenters. The molecule has 1 aliphatic rings. The van der Waals surface area contributed by atoms with Crippen LogP contribution in [0.4, 0.5) is 4.39 Å². The lowest BCUT2D eigenvalue weighted by molar-refractivity contribution is -0.159. The highest BCUT2D eigenvalue weighted by molar-refractivity contribution is 5.95. The van der Waals surface area contributed by atoms with E-state index in [2.05, 4.69) is 0 Å². The van der Waals surface area contributed by atoms with Crippen LogP contribution in [0.25, 0.3) is 11.1 Å². The number of nitrogens with two attached hydrogens (primary N) is 1. The molecule has 3 aromatic carbocycles. The fourth-order valence-electron chi connectivity index (χ4n) is 4.21. The predicted octanol–water partition coefficient (Wildman–Crippen LogP) is 3.75. The molecule has 31 heavy (non-hydrogen) atoms. The smallest absolute Gasteiger partial charge is 0.321 e. The van der Waals surface area contributed by atoms with Gasteiger partial charge in [0.2, 0.25) is 0 Å². The van der Waals surface area contributed by atoms with E-state index in [-0.39, 0.29) is 18.9 Å². The molecule has 4 rings (SSSR count). The van der Waals surface area contributed by atoms with E-state index in [0.29, 0.717) is 5.56 Å². The monoisotopic (exact) mass is 419 g/mol. The summed E-state index contributed by atoms with van der Waals surface area (Å²) >= 11 is 0. The van der Waals surface area contributed by atoms with Gasteiger partial charge in [0, 0.05) is 12.0 Å². The minimum absolute atomic E-state index is 0.0172. The van der Waals surface area contributed by atoms with E-state index in [9.17, 15) is 19.1 Å². The fourth-order valence-corrected chi connectivity index (χ4v) is 4.21. The van der Waals surface area contributed by atoms with Crippen LogP contribution in [0.15, 0.2) is 72.8 Å². The van der Waals surface area contributed by atoms with E-state index in [0.717, 1.165) is 22.3 Å². The van der Waals surface area contributed by atoms with Gasteiger partial charge in [0.15, 0.2) is 5.92 Å². The molecule has 3 N–H and O–H groups in total. The molecule has 0 saturated carbocycles. The highest BCUT2D eigenvalue weighted by Gasteiger charge is 2.36. The Morgan fingerprint density at radius 2 is 1.58 bits per heavy atom. The summed E-state index contributed by atoms with van der Waals surface area (Å²) in [5.74, 6) is -4.42. The number of halogens is 1. The number of carboxylic acid groups (broad SMARTS) is 1. The summed E-state index contributed by atoms with van der Waals surface area (Å²) in [4.78, 5) is 24.5. The van der Waals surface area contributed by atoms with Crippen LogP contribution in [0.1, 0.15) is 22.6 Å². The minimum atomic E-state index is -1.55. The first-order valence-electron chi connectivity index (χ1n) is 10.0. The number of carbonyl (C=O) groups excluding carboxylic acids is 1. The maximum absolute atomic E-state index is 13.4. The van der Waals surface area contributed by atoms with Crippen molar-refractivity contribution in [3.63, 3.8) is 0 Å². The van der Waals surface area contributed by atoms with Gasteiger partial charge < -0.3 is 15.6 Å². The summed E-state index contributed by atoms with van der Waals surface area (Å²) in [7, 11) is 0. The van der Waals surface area contributed by atoms with Gasteiger partial charge in [0.1, 0.15) is 12.4 Å². The van der Waals surface area contributed by atoms with Crippen molar-refractivity contribution < 1.29 is 23.8 Å². The van der Waals surface area contributed by atoms with Gasteiger partial charge in [0.25, 0.3) is 0 Å². The van der Waals surface area contributed by atoms with Crippen molar-refractivity contribution in [2.24, 2.45) is 11.7 Å². The first kappa shape index (κ1) is 20.8. The maximum atomic E-state index is 13.4. The fraction of sp³-hybridized carbons (Fsp3) is 0.200. The van der Waals surface area contributed by atoms with Gasteiger partial charge >= 0.3 is 11.9 Å². The number of carbonyl (C=O) groups is 2. The van der Waals surface area contributed by atoms with E-state index < -0.39 is 29.7 Å². The van der Waals surface area contributed by atoms with Crippen molar-refractivity contribution in [1.29, 1.82) is 0 Å².